The highest BCUT2D eigenvalue weighted by Crippen LogP contribution is 2.11. The molecule has 0 unspecified atom stereocenters. The van der Waals surface area contributed by atoms with Crippen LogP contribution in [-0.4, -0.2) is 34.6 Å². The Balaban J connectivity index is 2.17. The monoisotopic (exact) mass is 284 g/mol. The van der Waals surface area contributed by atoms with Gasteiger partial charge in [0.05, 0.1) is 30.3 Å². The number of carbonyl (C=O) groups is 1. The lowest BCUT2D eigenvalue weighted by Crippen LogP contribution is -2.26. The number of aromatic nitrogens is 1. The lowest BCUT2D eigenvalue weighted by atomic mass is 10.1. The fourth-order valence-corrected chi connectivity index (χ4v) is 1.83. The van der Waals surface area contributed by atoms with E-state index in [1.165, 1.54) is 0 Å². The molecule has 2 rings (SSSR count). The van der Waals surface area contributed by atoms with Crippen molar-refractivity contribution in [1.29, 1.82) is 0 Å². The molecule has 1 N–H and O–H groups in total. The molecular weight excluding hydrogens is 268 g/mol. The van der Waals surface area contributed by atoms with Crippen LogP contribution >= 0.6 is 0 Å². The molecule has 0 radical (unpaired) electrons. The third kappa shape index (κ3) is 3.94. The van der Waals surface area contributed by atoms with Gasteiger partial charge in [-0.25, -0.2) is 0 Å². The Kier molecular flexibility index (Phi) is 5.13. The molecule has 0 fully saturated rings. The predicted octanol–water partition coefficient (Wildman–Crippen LogP) is 1.68. The van der Waals surface area contributed by atoms with Crippen molar-refractivity contribution < 1.29 is 14.3 Å². The van der Waals surface area contributed by atoms with Crippen LogP contribution in [0, 0.1) is 11.8 Å². The van der Waals surface area contributed by atoms with E-state index >= 15 is 0 Å². The number of hydrogen-bond acceptors (Lipinski definition) is 4. The van der Waals surface area contributed by atoms with Crippen LogP contribution in [0.1, 0.15) is 27.9 Å². The van der Waals surface area contributed by atoms with Crippen molar-refractivity contribution in [3.8, 4) is 11.8 Å². The standard InChI is InChI=1S/C16H16N2O3/c1-18(11-13-6-9-21-12-13)16(20)15-5-7-17-10-14(15)4-2-3-8-19/h5-7,9-10,12,19H,3,8,11H2,1H3. The van der Waals surface area contributed by atoms with Crippen LogP contribution in [0.25, 0.3) is 0 Å². The number of hydrogen-bond donors (Lipinski definition) is 1. The zero-order valence-corrected chi connectivity index (χ0v) is 11.7. The van der Waals surface area contributed by atoms with E-state index in [4.69, 9.17) is 9.52 Å². The van der Waals surface area contributed by atoms with Crippen molar-refractivity contribution in [2.75, 3.05) is 13.7 Å². The van der Waals surface area contributed by atoms with Gasteiger partial charge in [0.1, 0.15) is 0 Å². The average molecular weight is 284 g/mol. The van der Waals surface area contributed by atoms with Crippen LogP contribution in [-0.2, 0) is 6.54 Å². The number of nitrogens with zero attached hydrogens (tertiary/aromatic N) is 2. The summed E-state index contributed by atoms with van der Waals surface area (Å²) in [4.78, 5) is 18.1. The molecule has 0 spiro atoms. The first-order valence-electron chi connectivity index (χ1n) is 6.52. The smallest absolute Gasteiger partial charge is 0.255 e. The number of pyridine rings is 1. The van der Waals surface area contributed by atoms with Gasteiger partial charge in [-0.05, 0) is 12.1 Å². The van der Waals surface area contributed by atoms with Crippen molar-refractivity contribution in [2.24, 2.45) is 0 Å². The Morgan fingerprint density at radius 1 is 1.48 bits per heavy atom. The molecular formula is C16H16N2O3. The summed E-state index contributed by atoms with van der Waals surface area (Å²) in [5.41, 5.74) is 1.99. The molecule has 0 aliphatic heterocycles. The van der Waals surface area contributed by atoms with Crippen LogP contribution in [0.15, 0.2) is 41.5 Å². The van der Waals surface area contributed by atoms with Crippen molar-refractivity contribution >= 4 is 5.91 Å². The summed E-state index contributed by atoms with van der Waals surface area (Å²) in [5, 5.41) is 8.75. The maximum absolute atomic E-state index is 12.5. The van der Waals surface area contributed by atoms with Crippen molar-refractivity contribution in [3.05, 3.63) is 53.7 Å². The van der Waals surface area contributed by atoms with Crippen LogP contribution < -0.4 is 0 Å². The van der Waals surface area contributed by atoms with E-state index in [1.807, 2.05) is 6.07 Å². The fraction of sp³-hybridized carbons (Fsp3) is 0.250. The molecule has 0 atom stereocenters. The zero-order valence-electron chi connectivity index (χ0n) is 11.7. The lowest BCUT2D eigenvalue weighted by molar-refractivity contribution is 0.0784. The van der Waals surface area contributed by atoms with Crippen LogP contribution in [0.5, 0.6) is 0 Å². The normalized spacial score (nSPS) is 9.81. The minimum absolute atomic E-state index is 0.00304. The summed E-state index contributed by atoms with van der Waals surface area (Å²) in [5.74, 6) is 5.54. The van der Waals surface area contributed by atoms with E-state index in [1.54, 1.807) is 42.9 Å². The molecule has 0 saturated carbocycles. The molecule has 2 aromatic rings. The average Bonchev–Trinajstić information content (AvgIpc) is 3.00. The summed E-state index contributed by atoms with van der Waals surface area (Å²) in [7, 11) is 1.72. The van der Waals surface area contributed by atoms with Gasteiger partial charge in [-0.3, -0.25) is 9.78 Å². The highest BCUT2D eigenvalue weighted by Gasteiger charge is 2.15. The summed E-state index contributed by atoms with van der Waals surface area (Å²) in [6.45, 7) is 0.456. The Morgan fingerprint density at radius 2 is 2.33 bits per heavy atom. The molecule has 0 aliphatic carbocycles. The maximum atomic E-state index is 12.5. The Morgan fingerprint density at radius 3 is 3.05 bits per heavy atom. The van der Waals surface area contributed by atoms with Crippen LogP contribution in [0.2, 0.25) is 0 Å². The first-order valence-corrected chi connectivity index (χ1v) is 6.52. The van der Waals surface area contributed by atoms with E-state index in [-0.39, 0.29) is 12.5 Å². The number of amides is 1. The lowest BCUT2D eigenvalue weighted by Gasteiger charge is -2.16. The fourth-order valence-electron chi connectivity index (χ4n) is 1.83. The molecule has 108 valence electrons. The number of aliphatic hydroxyl groups is 1. The molecule has 2 heterocycles. The number of aliphatic hydroxyl groups excluding tert-OH is 1. The van der Waals surface area contributed by atoms with Crippen molar-refractivity contribution in [1.82, 2.24) is 9.88 Å². The second-order valence-corrected chi connectivity index (χ2v) is 4.49. The SMILES string of the molecule is CN(Cc1ccoc1)C(=O)c1ccncc1C#CCCO. The number of furan rings is 1. The Bertz CT molecular complexity index is 654. The molecule has 0 aliphatic rings. The van der Waals surface area contributed by atoms with Gasteiger partial charge in [0.15, 0.2) is 0 Å². The third-order valence-electron chi connectivity index (χ3n) is 2.86. The van der Waals surface area contributed by atoms with E-state index in [2.05, 4.69) is 16.8 Å². The molecule has 21 heavy (non-hydrogen) atoms. The first-order chi connectivity index (χ1) is 10.2. The largest absolute Gasteiger partial charge is 0.472 e. The highest BCUT2D eigenvalue weighted by molar-refractivity contribution is 5.96. The Labute approximate surface area is 123 Å². The molecule has 5 nitrogen and oxygen atoms in total. The second kappa shape index (κ2) is 7.27. The summed E-state index contributed by atoms with van der Waals surface area (Å²) in [6, 6.07) is 3.47. The molecule has 5 heteroatoms. The van der Waals surface area contributed by atoms with E-state index in [0.29, 0.717) is 24.1 Å². The number of rotatable bonds is 4. The molecule has 0 bridgehead atoms. The van der Waals surface area contributed by atoms with Crippen LogP contribution in [0.3, 0.4) is 0 Å². The Hall–Kier alpha value is -2.58. The molecule has 0 saturated heterocycles. The van der Waals surface area contributed by atoms with E-state index in [9.17, 15) is 4.79 Å². The quantitative estimate of drug-likeness (QED) is 0.867. The van der Waals surface area contributed by atoms with Crippen LogP contribution in [0.4, 0.5) is 0 Å². The zero-order chi connectivity index (χ0) is 15.1. The van der Waals surface area contributed by atoms with Gasteiger partial charge in [-0.2, -0.15) is 0 Å². The van der Waals surface area contributed by atoms with Gasteiger partial charge >= 0.3 is 0 Å². The minimum Gasteiger partial charge on any atom is -0.472 e. The van der Waals surface area contributed by atoms with Gasteiger partial charge in [0, 0.05) is 38.0 Å². The molecule has 2 aromatic heterocycles. The topological polar surface area (TPSA) is 66.6 Å². The maximum Gasteiger partial charge on any atom is 0.255 e. The molecule has 1 amide bonds. The van der Waals surface area contributed by atoms with Crippen molar-refractivity contribution in [2.45, 2.75) is 13.0 Å². The minimum atomic E-state index is -0.133. The summed E-state index contributed by atoms with van der Waals surface area (Å²) < 4.78 is 5.00. The first kappa shape index (κ1) is 14.8. The van der Waals surface area contributed by atoms with E-state index < -0.39 is 0 Å². The van der Waals surface area contributed by atoms with Crippen molar-refractivity contribution in [3.63, 3.8) is 0 Å². The predicted molar refractivity (Wildman–Crippen MR) is 77.3 cm³/mol. The van der Waals surface area contributed by atoms with Gasteiger partial charge in [-0.15, -0.1) is 0 Å². The summed E-state index contributed by atoms with van der Waals surface area (Å²) in [6.07, 6.45) is 6.68. The van der Waals surface area contributed by atoms with Gasteiger partial charge < -0.3 is 14.4 Å². The van der Waals surface area contributed by atoms with Gasteiger partial charge in [-0.1, -0.05) is 11.8 Å². The number of carbonyl (C=O) groups excluding carboxylic acids is 1. The van der Waals surface area contributed by atoms with Gasteiger partial charge in [0.2, 0.25) is 0 Å². The molecule has 0 aromatic carbocycles. The summed E-state index contributed by atoms with van der Waals surface area (Å²) >= 11 is 0. The third-order valence-corrected chi connectivity index (χ3v) is 2.86. The highest BCUT2D eigenvalue weighted by atomic mass is 16.3. The van der Waals surface area contributed by atoms with E-state index in [0.717, 1.165) is 5.56 Å². The second-order valence-electron chi connectivity index (χ2n) is 4.49. The van der Waals surface area contributed by atoms with Gasteiger partial charge in [0.25, 0.3) is 5.91 Å².